The van der Waals surface area contributed by atoms with Crippen LogP contribution >= 0.6 is 12.2 Å². The molecule has 0 radical (unpaired) electrons. The van der Waals surface area contributed by atoms with Crippen LogP contribution < -0.4 is 0 Å². The molecule has 3 rings (SSSR count). The van der Waals surface area contributed by atoms with Crippen LogP contribution in [-0.4, -0.2) is 39.4 Å². The SMILES string of the molecule is COC(=O)c1ccc(CN(C)Cn2nc(C)n(C3CC3)c2=S)cc1. The molecule has 0 N–H and O–H groups in total. The van der Waals surface area contributed by atoms with Crippen molar-refractivity contribution in [2.45, 2.75) is 39.0 Å². The summed E-state index contributed by atoms with van der Waals surface area (Å²) in [7, 11) is 3.41. The molecule has 0 spiro atoms. The number of carbonyl (C=O) groups excluding carboxylic acids is 1. The fourth-order valence-electron chi connectivity index (χ4n) is 2.83. The van der Waals surface area contributed by atoms with Crippen molar-refractivity contribution in [2.24, 2.45) is 0 Å². The summed E-state index contributed by atoms with van der Waals surface area (Å²) < 4.78 is 9.55. The molecule has 1 fully saturated rings. The predicted molar refractivity (Wildman–Crippen MR) is 93.3 cm³/mol. The van der Waals surface area contributed by atoms with E-state index >= 15 is 0 Å². The van der Waals surface area contributed by atoms with E-state index in [4.69, 9.17) is 17.0 Å². The molecule has 1 heterocycles. The number of hydrogen-bond acceptors (Lipinski definition) is 5. The van der Waals surface area contributed by atoms with Gasteiger partial charge in [0.2, 0.25) is 0 Å². The minimum atomic E-state index is -0.317. The Bertz CT molecular complexity index is 790. The molecular weight excluding hydrogens is 324 g/mol. The van der Waals surface area contributed by atoms with Crippen molar-refractivity contribution < 1.29 is 9.53 Å². The first-order valence-electron chi connectivity index (χ1n) is 8.01. The summed E-state index contributed by atoms with van der Waals surface area (Å²) >= 11 is 5.56. The van der Waals surface area contributed by atoms with E-state index in [1.165, 1.54) is 20.0 Å². The van der Waals surface area contributed by atoms with Crippen molar-refractivity contribution in [1.29, 1.82) is 0 Å². The predicted octanol–water partition coefficient (Wildman–Crippen LogP) is 2.93. The molecule has 128 valence electrons. The largest absolute Gasteiger partial charge is 0.465 e. The van der Waals surface area contributed by atoms with Crippen LogP contribution in [0.5, 0.6) is 0 Å². The molecule has 1 aliphatic rings. The number of nitrogens with zero attached hydrogens (tertiary/aromatic N) is 4. The third kappa shape index (κ3) is 3.57. The van der Waals surface area contributed by atoms with Crippen molar-refractivity contribution in [3.63, 3.8) is 0 Å². The van der Waals surface area contributed by atoms with Crippen LogP contribution in [0.1, 0.15) is 40.6 Å². The number of methoxy groups -OCH3 is 1. The summed E-state index contributed by atoms with van der Waals surface area (Å²) in [5, 5.41) is 4.57. The maximum atomic E-state index is 11.5. The molecule has 6 nitrogen and oxygen atoms in total. The van der Waals surface area contributed by atoms with Crippen LogP contribution in [-0.2, 0) is 18.0 Å². The molecule has 0 unspecified atom stereocenters. The fraction of sp³-hybridized carbons (Fsp3) is 0.471. The first kappa shape index (κ1) is 16.9. The van der Waals surface area contributed by atoms with E-state index in [1.807, 2.05) is 30.8 Å². The van der Waals surface area contributed by atoms with Crippen molar-refractivity contribution in [3.8, 4) is 0 Å². The normalized spacial score (nSPS) is 14.2. The summed E-state index contributed by atoms with van der Waals surface area (Å²) in [5.74, 6) is 0.667. The van der Waals surface area contributed by atoms with E-state index in [1.54, 1.807) is 12.1 Å². The van der Waals surface area contributed by atoms with Gasteiger partial charge in [-0.2, -0.15) is 5.10 Å². The standard InChI is InChI=1S/C17H22N4O2S/c1-12-18-20(17(24)21(12)15-8-9-15)11-19(2)10-13-4-6-14(7-5-13)16(22)23-3/h4-7,15H,8-11H2,1-3H3. The number of ether oxygens (including phenoxy) is 1. The van der Waals surface area contributed by atoms with Gasteiger partial charge < -0.3 is 9.30 Å². The van der Waals surface area contributed by atoms with E-state index in [0.717, 1.165) is 22.7 Å². The van der Waals surface area contributed by atoms with Gasteiger partial charge in [0.05, 0.1) is 19.3 Å². The maximum Gasteiger partial charge on any atom is 0.337 e. The van der Waals surface area contributed by atoms with Crippen LogP contribution in [0, 0.1) is 11.7 Å². The Kier molecular flexibility index (Phi) is 4.82. The Hall–Kier alpha value is -1.99. The molecule has 24 heavy (non-hydrogen) atoms. The van der Waals surface area contributed by atoms with Crippen LogP contribution in [0.25, 0.3) is 0 Å². The van der Waals surface area contributed by atoms with Crippen molar-refractivity contribution in [1.82, 2.24) is 19.2 Å². The Morgan fingerprint density at radius 3 is 2.62 bits per heavy atom. The van der Waals surface area contributed by atoms with Crippen LogP contribution in [0.2, 0.25) is 0 Å². The van der Waals surface area contributed by atoms with Gasteiger partial charge in [-0.15, -0.1) is 0 Å². The van der Waals surface area contributed by atoms with Crippen LogP contribution in [0.4, 0.5) is 0 Å². The summed E-state index contributed by atoms with van der Waals surface area (Å²) in [4.78, 5) is 13.6. The Morgan fingerprint density at radius 2 is 2.04 bits per heavy atom. The van der Waals surface area contributed by atoms with Gasteiger partial charge in [0.15, 0.2) is 4.77 Å². The third-order valence-electron chi connectivity index (χ3n) is 4.16. The molecule has 0 amide bonds. The molecule has 0 bridgehead atoms. The van der Waals surface area contributed by atoms with Gasteiger partial charge in [-0.05, 0) is 56.7 Å². The highest BCUT2D eigenvalue weighted by molar-refractivity contribution is 7.71. The molecule has 1 saturated carbocycles. The molecule has 0 atom stereocenters. The van der Waals surface area contributed by atoms with Crippen molar-refractivity contribution in [2.75, 3.05) is 14.2 Å². The average molecular weight is 346 g/mol. The number of esters is 1. The summed E-state index contributed by atoms with van der Waals surface area (Å²) in [6, 6.07) is 7.99. The quantitative estimate of drug-likeness (QED) is 0.595. The molecule has 0 aliphatic heterocycles. The Morgan fingerprint density at radius 1 is 1.38 bits per heavy atom. The van der Waals surface area contributed by atoms with Gasteiger partial charge in [-0.1, -0.05) is 12.1 Å². The minimum absolute atomic E-state index is 0.317. The van der Waals surface area contributed by atoms with Crippen LogP contribution in [0.15, 0.2) is 24.3 Å². The fourth-order valence-corrected chi connectivity index (χ4v) is 3.21. The van der Waals surface area contributed by atoms with E-state index in [9.17, 15) is 4.79 Å². The monoisotopic (exact) mass is 346 g/mol. The highest BCUT2D eigenvalue weighted by Gasteiger charge is 2.27. The number of aryl methyl sites for hydroxylation is 1. The van der Waals surface area contributed by atoms with Gasteiger partial charge in [0.25, 0.3) is 0 Å². The van der Waals surface area contributed by atoms with Crippen molar-refractivity contribution >= 4 is 18.2 Å². The Balaban J connectivity index is 1.65. The molecule has 7 heteroatoms. The van der Waals surface area contributed by atoms with E-state index in [-0.39, 0.29) is 5.97 Å². The van der Waals surface area contributed by atoms with Gasteiger partial charge >= 0.3 is 5.97 Å². The lowest BCUT2D eigenvalue weighted by Crippen LogP contribution is -2.22. The first-order chi connectivity index (χ1) is 11.5. The number of rotatable bonds is 6. The lowest BCUT2D eigenvalue weighted by atomic mass is 10.1. The molecule has 2 aromatic rings. The van der Waals surface area contributed by atoms with E-state index in [2.05, 4.69) is 14.6 Å². The van der Waals surface area contributed by atoms with Crippen molar-refractivity contribution in [3.05, 3.63) is 46.0 Å². The second-order valence-corrected chi connectivity index (χ2v) is 6.64. The third-order valence-corrected chi connectivity index (χ3v) is 4.56. The second kappa shape index (κ2) is 6.86. The molecule has 1 aliphatic carbocycles. The number of carbonyl (C=O) groups is 1. The van der Waals surface area contributed by atoms with Gasteiger partial charge in [-0.25, -0.2) is 9.48 Å². The van der Waals surface area contributed by atoms with Gasteiger partial charge in [0.1, 0.15) is 5.82 Å². The topological polar surface area (TPSA) is 52.3 Å². The van der Waals surface area contributed by atoms with Crippen LogP contribution in [0.3, 0.4) is 0 Å². The highest BCUT2D eigenvalue weighted by Crippen LogP contribution is 2.35. The van der Waals surface area contributed by atoms with E-state index in [0.29, 0.717) is 18.3 Å². The molecule has 1 aromatic carbocycles. The average Bonchev–Trinajstić information content (AvgIpc) is 3.35. The summed E-state index contributed by atoms with van der Waals surface area (Å²) in [6.45, 7) is 3.40. The highest BCUT2D eigenvalue weighted by atomic mass is 32.1. The summed E-state index contributed by atoms with van der Waals surface area (Å²) in [5.41, 5.74) is 1.68. The number of aromatic nitrogens is 3. The molecular formula is C17H22N4O2S. The van der Waals surface area contributed by atoms with E-state index < -0.39 is 0 Å². The zero-order chi connectivity index (χ0) is 17.3. The zero-order valence-corrected chi connectivity index (χ0v) is 15.0. The second-order valence-electron chi connectivity index (χ2n) is 6.27. The minimum Gasteiger partial charge on any atom is -0.465 e. The lowest BCUT2D eigenvalue weighted by Gasteiger charge is -2.16. The Labute approximate surface area is 146 Å². The number of benzene rings is 1. The smallest absolute Gasteiger partial charge is 0.337 e. The first-order valence-corrected chi connectivity index (χ1v) is 8.42. The number of hydrogen-bond donors (Lipinski definition) is 0. The summed E-state index contributed by atoms with van der Waals surface area (Å²) in [6.07, 6.45) is 2.40. The lowest BCUT2D eigenvalue weighted by molar-refractivity contribution is 0.0600. The van der Waals surface area contributed by atoms with Gasteiger partial charge in [0, 0.05) is 12.6 Å². The maximum absolute atomic E-state index is 11.5. The molecule has 0 saturated heterocycles. The van der Waals surface area contributed by atoms with Gasteiger partial charge in [-0.3, -0.25) is 4.90 Å². The molecule has 1 aromatic heterocycles. The zero-order valence-electron chi connectivity index (χ0n) is 14.2.